The zero-order valence-electron chi connectivity index (χ0n) is 17.0. The van der Waals surface area contributed by atoms with Gasteiger partial charge in [-0.3, -0.25) is 4.90 Å². The number of benzene rings is 1. The maximum atomic E-state index is 12.4. The van der Waals surface area contributed by atoms with Gasteiger partial charge in [0.15, 0.2) is 11.5 Å². The van der Waals surface area contributed by atoms with E-state index in [4.69, 9.17) is 4.74 Å². The van der Waals surface area contributed by atoms with Crippen LogP contribution in [0.15, 0.2) is 12.1 Å². The second-order valence-electron chi connectivity index (χ2n) is 9.69. The molecule has 1 aliphatic heterocycles. The van der Waals surface area contributed by atoms with Gasteiger partial charge in [0.2, 0.25) is 0 Å². The second-order valence-corrected chi connectivity index (χ2v) is 9.69. The van der Waals surface area contributed by atoms with Crippen LogP contribution in [0.2, 0.25) is 0 Å². The summed E-state index contributed by atoms with van der Waals surface area (Å²) in [6.07, 6.45) is 6.29. The van der Waals surface area contributed by atoms with Crippen molar-refractivity contribution in [3.05, 3.63) is 23.3 Å². The fourth-order valence-electron chi connectivity index (χ4n) is 6.82. The number of aromatic hydroxyl groups is 1. The number of phenolic OH excluding ortho intramolecular Hbond substituents is 1. The lowest BCUT2D eigenvalue weighted by atomic mass is 9.50. The van der Waals surface area contributed by atoms with Gasteiger partial charge in [0.1, 0.15) is 6.10 Å². The predicted molar refractivity (Wildman–Crippen MR) is 107 cm³/mol. The largest absolute Gasteiger partial charge is 0.504 e. The number of nitrogens with zero attached hydrogens (tertiary/aromatic N) is 1. The fourth-order valence-corrected chi connectivity index (χ4v) is 6.82. The number of phenols is 1. The van der Waals surface area contributed by atoms with Gasteiger partial charge in [0.25, 0.3) is 0 Å². The second kappa shape index (κ2) is 6.35. The zero-order chi connectivity index (χ0) is 19.7. The Morgan fingerprint density at radius 1 is 1.25 bits per heavy atom. The molecule has 4 aliphatic rings. The Balaban J connectivity index is 1.66. The first kappa shape index (κ1) is 18.7. The molecule has 5 atom stereocenters. The molecule has 0 radical (unpaired) electrons. The third-order valence-electron chi connectivity index (χ3n) is 8.25. The molecule has 3 aliphatic carbocycles. The first-order valence-corrected chi connectivity index (χ1v) is 11.0. The summed E-state index contributed by atoms with van der Waals surface area (Å²) in [4.78, 5) is 2.38. The number of hydrogen-bond donors (Lipinski definition) is 3. The molecule has 2 fully saturated rings. The standard InChI is InChI=1S/C23H33NO4/c1-3-10-22-19-15-7-8-16(25)20(19)28-21(22)17(26)9-11-23(22,27)18(12-15)24(2)13-14-5-4-6-14/h7-8,14,17-18,21,25-27H,3-6,9-13H2,1-2H3/t17-,18?,21?,22-,23?/m1/s1. The molecule has 0 saturated heterocycles. The molecule has 1 aromatic rings. The molecule has 5 heteroatoms. The van der Waals surface area contributed by atoms with E-state index in [-0.39, 0.29) is 11.8 Å². The van der Waals surface area contributed by atoms with Gasteiger partial charge < -0.3 is 20.1 Å². The summed E-state index contributed by atoms with van der Waals surface area (Å²) in [6.45, 7) is 3.14. The summed E-state index contributed by atoms with van der Waals surface area (Å²) < 4.78 is 6.23. The molecule has 0 spiro atoms. The van der Waals surface area contributed by atoms with Gasteiger partial charge in [-0.15, -0.1) is 0 Å². The van der Waals surface area contributed by atoms with Crippen LogP contribution >= 0.6 is 0 Å². The topological polar surface area (TPSA) is 73.2 Å². The van der Waals surface area contributed by atoms with E-state index in [1.165, 1.54) is 19.3 Å². The van der Waals surface area contributed by atoms with Crippen molar-refractivity contribution in [1.82, 2.24) is 4.90 Å². The van der Waals surface area contributed by atoms with Crippen LogP contribution < -0.4 is 4.74 Å². The lowest BCUT2D eigenvalue weighted by Crippen LogP contribution is -2.73. The number of aliphatic hydroxyl groups excluding tert-OH is 1. The summed E-state index contributed by atoms with van der Waals surface area (Å²) in [6, 6.07) is 3.72. The van der Waals surface area contributed by atoms with E-state index in [1.54, 1.807) is 6.07 Å². The van der Waals surface area contributed by atoms with Crippen LogP contribution in [0.1, 0.15) is 63.0 Å². The van der Waals surface area contributed by atoms with E-state index in [0.29, 0.717) is 18.6 Å². The molecule has 3 unspecified atom stereocenters. The van der Waals surface area contributed by atoms with Crippen molar-refractivity contribution in [3.8, 4) is 11.5 Å². The van der Waals surface area contributed by atoms with Gasteiger partial charge in [-0.05, 0) is 63.1 Å². The molecule has 28 heavy (non-hydrogen) atoms. The highest BCUT2D eigenvalue weighted by Gasteiger charge is 2.70. The number of aliphatic hydroxyl groups is 2. The van der Waals surface area contributed by atoms with Crippen LogP contribution in [0.25, 0.3) is 0 Å². The Morgan fingerprint density at radius 2 is 2.04 bits per heavy atom. The minimum absolute atomic E-state index is 0.00115. The summed E-state index contributed by atoms with van der Waals surface area (Å²) in [7, 11) is 2.16. The first-order chi connectivity index (χ1) is 13.4. The van der Waals surface area contributed by atoms with E-state index in [9.17, 15) is 15.3 Å². The summed E-state index contributed by atoms with van der Waals surface area (Å²) in [5, 5.41) is 33.7. The number of rotatable bonds is 5. The first-order valence-electron chi connectivity index (χ1n) is 11.0. The van der Waals surface area contributed by atoms with Crippen molar-refractivity contribution in [2.45, 2.75) is 87.6 Å². The van der Waals surface area contributed by atoms with Gasteiger partial charge in [-0.1, -0.05) is 25.8 Å². The summed E-state index contributed by atoms with van der Waals surface area (Å²) >= 11 is 0. The predicted octanol–water partition coefficient (Wildman–Crippen LogP) is 2.73. The van der Waals surface area contributed by atoms with E-state index in [1.807, 2.05) is 6.07 Å². The molecular formula is C23H33NO4. The molecule has 5 rings (SSSR count). The Kier molecular flexibility index (Phi) is 4.24. The lowest BCUT2D eigenvalue weighted by Gasteiger charge is -2.60. The normalized spacial score (nSPS) is 38.8. The monoisotopic (exact) mass is 387 g/mol. The Morgan fingerprint density at radius 3 is 2.71 bits per heavy atom. The number of likely N-dealkylation sites (N-methyl/N-ethyl adjacent to an activating group) is 1. The smallest absolute Gasteiger partial charge is 0.165 e. The van der Waals surface area contributed by atoms with Crippen LogP contribution in [0.4, 0.5) is 0 Å². The van der Waals surface area contributed by atoms with Crippen molar-refractivity contribution in [2.24, 2.45) is 5.92 Å². The maximum absolute atomic E-state index is 12.4. The highest BCUT2D eigenvalue weighted by atomic mass is 16.5. The molecule has 5 nitrogen and oxygen atoms in total. The molecule has 0 bridgehead atoms. The molecule has 154 valence electrons. The maximum Gasteiger partial charge on any atom is 0.165 e. The van der Waals surface area contributed by atoms with Crippen LogP contribution in [0.5, 0.6) is 11.5 Å². The van der Waals surface area contributed by atoms with Crippen LogP contribution in [-0.2, 0) is 11.8 Å². The fraction of sp³-hybridized carbons (Fsp3) is 0.739. The minimum atomic E-state index is -0.961. The Hall–Kier alpha value is -1.30. The molecule has 0 amide bonds. The Bertz CT molecular complexity index is 778. The summed E-state index contributed by atoms with van der Waals surface area (Å²) in [5.41, 5.74) is 0.513. The van der Waals surface area contributed by atoms with Gasteiger partial charge in [-0.2, -0.15) is 0 Å². The van der Waals surface area contributed by atoms with Gasteiger partial charge in [-0.25, -0.2) is 0 Å². The zero-order valence-corrected chi connectivity index (χ0v) is 17.0. The van der Waals surface area contributed by atoms with Crippen molar-refractivity contribution in [3.63, 3.8) is 0 Å². The third kappa shape index (κ3) is 2.24. The van der Waals surface area contributed by atoms with Crippen molar-refractivity contribution >= 4 is 0 Å². The highest BCUT2D eigenvalue weighted by Crippen LogP contribution is 2.64. The van der Waals surface area contributed by atoms with E-state index >= 15 is 0 Å². The van der Waals surface area contributed by atoms with Crippen LogP contribution in [0.3, 0.4) is 0 Å². The van der Waals surface area contributed by atoms with E-state index in [0.717, 1.165) is 42.9 Å². The molecule has 0 aromatic heterocycles. The average Bonchev–Trinajstić information content (AvgIpc) is 3.00. The highest BCUT2D eigenvalue weighted by molar-refractivity contribution is 5.62. The van der Waals surface area contributed by atoms with Crippen molar-refractivity contribution in [2.75, 3.05) is 13.6 Å². The summed E-state index contributed by atoms with van der Waals surface area (Å²) in [5.74, 6) is 1.35. The SMILES string of the molecule is CCC[C@@]12c3c4ccc(O)c3OC1[C@H](O)CCC2(O)C(N(C)CC1CCC1)C4. The van der Waals surface area contributed by atoms with Crippen LogP contribution in [-0.4, -0.2) is 57.7 Å². The van der Waals surface area contributed by atoms with Crippen LogP contribution in [0, 0.1) is 5.92 Å². The van der Waals surface area contributed by atoms with Gasteiger partial charge in [0.05, 0.1) is 17.1 Å². The minimum Gasteiger partial charge on any atom is -0.504 e. The quantitative estimate of drug-likeness (QED) is 0.725. The molecule has 3 N–H and O–H groups in total. The molecule has 1 aromatic carbocycles. The number of ether oxygens (including phenoxy) is 1. The molecule has 1 heterocycles. The lowest BCUT2D eigenvalue weighted by molar-refractivity contribution is -0.185. The Labute approximate surface area is 167 Å². The van der Waals surface area contributed by atoms with Crippen molar-refractivity contribution in [1.29, 1.82) is 0 Å². The van der Waals surface area contributed by atoms with Crippen molar-refractivity contribution < 1.29 is 20.1 Å². The van der Waals surface area contributed by atoms with E-state index < -0.39 is 23.2 Å². The van der Waals surface area contributed by atoms with Gasteiger partial charge in [0, 0.05) is 18.2 Å². The van der Waals surface area contributed by atoms with E-state index in [2.05, 4.69) is 18.9 Å². The third-order valence-corrected chi connectivity index (χ3v) is 8.25. The molecular weight excluding hydrogens is 354 g/mol. The van der Waals surface area contributed by atoms with Gasteiger partial charge >= 0.3 is 0 Å². The number of hydrogen-bond acceptors (Lipinski definition) is 5. The molecule has 2 saturated carbocycles. The average molecular weight is 388 g/mol.